The van der Waals surface area contributed by atoms with Crippen molar-refractivity contribution in [3.8, 4) is 0 Å². The van der Waals surface area contributed by atoms with E-state index in [2.05, 4.69) is 21.9 Å². The topological polar surface area (TPSA) is 90.0 Å². The molecule has 134 valence electrons. The molecule has 0 aliphatic rings. The van der Waals surface area contributed by atoms with Gasteiger partial charge in [0.25, 0.3) is 5.56 Å². The second kappa shape index (κ2) is 8.01. The largest absolute Gasteiger partial charge is 0.467 e. The van der Waals surface area contributed by atoms with Gasteiger partial charge in [0, 0.05) is 12.7 Å². The van der Waals surface area contributed by atoms with E-state index in [-0.39, 0.29) is 23.3 Å². The number of hydrogen-bond acceptors (Lipinski definition) is 6. The van der Waals surface area contributed by atoms with Gasteiger partial charge in [-0.05, 0) is 31.2 Å². The van der Waals surface area contributed by atoms with E-state index in [1.54, 1.807) is 42.8 Å². The number of furan rings is 1. The maximum Gasteiger partial charge on any atom is 0.263 e. The predicted molar refractivity (Wildman–Crippen MR) is 100.0 cm³/mol. The fraction of sp³-hybridized carbons (Fsp3) is 0.222. The minimum absolute atomic E-state index is 0.118. The number of nitrogens with zero attached hydrogens (tertiary/aromatic N) is 3. The van der Waals surface area contributed by atoms with Crippen LogP contribution in [0.15, 0.2) is 63.7 Å². The Hall–Kier alpha value is -2.87. The van der Waals surface area contributed by atoms with E-state index >= 15 is 0 Å². The zero-order chi connectivity index (χ0) is 18.5. The molecule has 0 unspecified atom stereocenters. The number of hydrogen-bond donors (Lipinski definition) is 1. The standard InChI is InChI=1S/C18H18N4O3S/c1-3-9-22-17(24)13-6-4-8-19-16(13)21-18(22)26-11-15(23)20-12(2)14-7-5-10-25-14/h3-8,10,12H,1,9,11H2,2H3,(H,20,23)/t12-/m0/s1. The summed E-state index contributed by atoms with van der Waals surface area (Å²) in [4.78, 5) is 33.4. The molecular formula is C18H18N4O3S. The van der Waals surface area contributed by atoms with E-state index in [9.17, 15) is 9.59 Å². The lowest BCUT2D eigenvalue weighted by Crippen LogP contribution is -2.29. The molecule has 0 bridgehead atoms. The lowest BCUT2D eigenvalue weighted by molar-refractivity contribution is -0.119. The first kappa shape index (κ1) is 17.9. The van der Waals surface area contributed by atoms with Crippen LogP contribution in [-0.2, 0) is 11.3 Å². The number of allylic oxidation sites excluding steroid dienone is 1. The number of pyridine rings is 1. The monoisotopic (exact) mass is 370 g/mol. The number of carbonyl (C=O) groups excluding carboxylic acids is 1. The van der Waals surface area contributed by atoms with Crippen LogP contribution in [0.2, 0.25) is 0 Å². The van der Waals surface area contributed by atoms with Crippen molar-refractivity contribution < 1.29 is 9.21 Å². The summed E-state index contributed by atoms with van der Waals surface area (Å²) in [5.41, 5.74) is 0.166. The Morgan fingerprint density at radius 1 is 1.46 bits per heavy atom. The average molecular weight is 370 g/mol. The molecule has 3 heterocycles. The van der Waals surface area contributed by atoms with Gasteiger partial charge in [0.2, 0.25) is 5.91 Å². The molecule has 0 aliphatic carbocycles. The minimum Gasteiger partial charge on any atom is -0.467 e. The summed E-state index contributed by atoms with van der Waals surface area (Å²) in [5.74, 6) is 0.617. The van der Waals surface area contributed by atoms with Crippen molar-refractivity contribution in [2.75, 3.05) is 5.75 Å². The highest BCUT2D eigenvalue weighted by Gasteiger charge is 2.15. The Morgan fingerprint density at radius 2 is 2.31 bits per heavy atom. The molecule has 0 aromatic carbocycles. The Bertz CT molecular complexity index is 982. The van der Waals surface area contributed by atoms with Crippen LogP contribution in [0, 0.1) is 0 Å². The van der Waals surface area contributed by atoms with Gasteiger partial charge in [-0.2, -0.15) is 0 Å². The normalized spacial score (nSPS) is 12.0. The summed E-state index contributed by atoms with van der Waals surface area (Å²) in [5, 5.41) is 3.72. The van der Waals surface area contributed by atoms with Crippen LogP contribution in [0.1, 0.15) is 18.7 Å². The number of nitrogens with one attached hydrogen (secondary N) is 1. The molecule has 0 spiro atoms. The van der Waals surface area contributed by atoms with Crippen molar-refractivity contribution in [3.63, 3.8) is 0 Å². The third-order valence-corrected chi connectivity index (χ3v) is 4.66. The Morgan fingerprint density at radius 3 is 3.04 bits per heavy atom. The highest BCUT2D eigenvalue weighted by molar-refractivity contribution is 7.99. The van der Waals surface area contributed by atoms with E-state index in [1.807, 2.05) is 6.92 Å². The fourth-order valence-electron chi connectivity index (χ4n) is 2.46. The molecule has 3 aromatic heterocycles. The van der Waals surface area contributed by atoms with Gasteiger partial charge < -0.3 is 9.73 Å². The predicted octanol–water partition coefficient (Wildman–Crippen LogP) is 2.54. The van der Waals surface area contributed by atoms with Crippen LogP contribution in [0.4, 0.5) is 0 Å². The lowest BCUT2D eigenvalue weighted by atomic mass is 10.2. The van der Waals surface area contributed by atoms with Crippen LogP contribution in [0.5, 0.6) is 0 Å². The van der Waals surface area contributed by atoms with Gasteiger partial charge in [0.15, 0.2) is 10.8 Å². The summed E-state index contributed by atoms with van der Waals surface area (Å²) >= 11 is 1.18. The Balaban J connectivity index is 1.77. The Kier molecular flexibility index (Phi) is 5.52. The molecule has 8 heteroatoms. The number of carbonyl (C=O) groups is 1. The van der Waals surface area contributed by atoms with Gasteiger partial charge in [-0.25, -0.2) is 9.97 Å². The summed E-state index contributed by atoms with van der Waals surface area (Å²) in [7, 11) is 0. The molecule has 3 rings (SSSR count). The minimum atomic E-state index is -0.236. The number of amides is 1. The van der Waals surface area contributed by atoms with Gasteiger partial charge in [-0.15, -0.1) is 6.58 Å². The number of rotatable bonds is 7. The molecule has 0 saturated heterocycles. The van der Waals surface area contributed by atoms with Crippen LogP contribution < -0.4 is 10.9 Å². The molecule has 1 atom stereocenters. The Labute approximate surface area is 154 Å². The van der Waals surface area contributed by atoms with Crippen LogP contribution in [0.3, 0.4) is 0 Å². The first-order valence-corrected chi connectivity index (χ1v) is 9.00. The summed E-state index contributed by atoms with van der Waals surface area (Å²) in [6.45, 7) is 5.83. The van der Waals surface area contributed by atoms with Crippen LogP contribution in [0.25, 0.3) is 11.0 Å². The maximum atomic E-state index is 12.6. The zero-order valence-electron chi connectivity index (χ0n) is 14.2. The van der Waals surface area contributed by atoms with Crippen molar-refractivity contribution in [2.24, 2.45) is 0 Å². The molecule has 0 fully saturated rings. The van der Waals surface area contributed by atoms with Crippen LogP contribution >= 0.6 is 11.8 Å². The number of aromatic nitrogens is 3. The third kappa shape index (κ3) is 3.85. The summed E-state index contributed by atoms with van der Waals surface area (Å²) in [6.07, 6.45) is 4.76. The van der Waals surface area contributed by atoms with E-state index in [1.165, 1.54) is 16.3 Å². The number of fused-ring (bicyclic) bond motifs is 1. The maximum absolute atomic E-state index is 12.6. The zero-order valence-corrected chi connectivity index (χ0v) is 15.0. The molecule has 26 heavy (non-hydrogen) atoms. The first-order chi connectivity index (χ1) is 12.6. The summed E-state index contributed by atoms with van der Waals surface area (Å²) in [6, 6.07) is 6.71. The van der Waals surface area contributed by atoms with Gasteiger partial charge in [-0.3, -0.25) is 14.2 Å². The molecule has 1 amide bonds. The van der Waals surface area contributed by atoms with Crippen molar-refractivity contribution in [1.82, 2.24) is 19.9 Å². The fourth-order valence-corrected chi connectivity index (χ4v) is 3.27. The third-order valence-electron chi connectivity index (χ3n) is 3.69. The highest BCUT2D eigenvalue weighted by Crippen LogP contribution is 2.18. The molecule has 7 nitrogen and oxygen atoms in total. The SMILES string of the molecule is C=CCn1c(SCC(=O)N[C@@H](C)c2ccco2)nc2ncccc2c1=O. The second-order valence-corrected chi connectivity index (χ2v) is 6.51. The van der Waals surface area contributed by atoms with Crippen molar-refractivity contribution in [3.05, 3.63) is 65.5 Å². The quantitative estimate of drug-likeness (QED) is 0.390. The summed E-state index contributed by atoms with van der Waals surface area (Å²) < 4.78 is 6.77. The molecule has 3 aromatic rings. The molecular weight excluding hydrogens is 352 g/mol. The molecule has 0 saturated carbocycles. The lowest BCUT2D eigenvalue weighted by Gasteiger charge is -2.13. The highest BCUT2D eigenvalue weighted by atomic mass is 32.2. The van der Waals surface area contributed by atoms with E-state index < -0.39 is 0 Å². The van der Waals surface area contributed by atoms with Crippen LogP contribution in [-0.4, -0.2) is 26.2 Å². The molecule has 0 radical (unpaired) electrons. The van der Waals surface area contributed by atoms with E-state index in [0.29, 0.717) is 28.5 Å². The molecule has 0 aliphatic heterocycles. The van der Waals surface area contributed by atoms with Gasteiger partial charge in [0.1, 0.15) is 5.76 Å². The smallest absolute Gasteiger partial charge is 0.263 e. The first-order valence-electron chi connectivity index (χ1n) is 8.02. The van der Waals surface area contributed by atoms with Crippen molar-refractivity contribution >= 4 is 28.7 Å². The molecule has 1 N–H and O–H groups in total. The average Bonchev–Trinajstić information content (AvgIpc) is 3.17. The second-order valence-electron chi connectivity index (χ2n) is 5.57. The van der Waals surface area contributed by atoms with Gasteiger partial charge >= 0.3 is 0 Å². The van der Waals surface area contributed by atoms with E-state index in [0.717, 1.165) is 0 Å². The van der Waals surface area contributed by atoms with Gasteiger partial charge in [0.05, 0.1) is 23.4 Å². The van der Waals surface area contributed by atoms with E-state index in [4.69, 9.17) is 4.42 Å². The van der Waals surface area contributed by atoms with Gasteiger partial charge in [-0.1, -0.05) is 17.8 Å². The van der Waals surface area contributed by atoms with Crippen molar-refractivity contribution in [1.29, 1.82) is 0 Å². The van der Waals surface area contributed by atoms with Crippen molar-refractivity contribution in [2.45, 2.75) is 24.7 Å². The number of thioether (sulfide) groups is 1.